The third-order valence-corrected chi connectivity index (χ3v) is 6.05. The summed E-state index contributed by atoms with van der Waals surface area (Å²) in [5.41, 5.74) is 4.57. The number of carbonyl (C=O) groups excluding carboxylic acids is 2. The van der Waals surface area contributed by atoms with E-state index in [4.69, 9.17) is 0 Å². The molecule has 142 valence electrons. The zero-order valence-electron chi connectivity index (χ0n) is 14.1. The Morgan fingerprint density at radius 3 is 2.52 bits per heavy atom. The predicted molar refractivity (Wildman–Crippen MR) is 93.2 cm³/mol. The quantitative estimate of drug-likeness (QED) is 0.750. The third kappa shape index (κ3) is 4.12. The molecular formula is C17H17FN4O4S. The lowest BCUT2D eigenvalue weighted by molar-refractivity contribution is -0.125. The highest BCUT2D eigenvalue weighted by Gasteiger charge is 2.39. The van der Waals surface area contributed by atoms with Crippen molar-refractivity contribution in [3.05, 3.63) is 60.2 Å². The average molecular weight is 392 g/mol. The Morgan fingerprint density at radius 1 is 1.11 bits per heavy atom. The van der Waals surface area contributed by atoms with Crippen molar-refractivity contribution in [2.75, 3.05) is 6.54 Å². The van der Waals surface area contributed by atoms with Gasteiger partial charge in [-0.2, -0.15) is 4.31 Å². The summed E-state index contributed by atoms with van der Waals surface area (Å²) < 4.78 is 39.6. The van der Waals surface area contributed by atoms with Crippen molar-refractivity contribution in [1.29, 1.82) is 0 Å². The number of carbonyl (C=O) groups is 2. The van der Waals surface area contributed by atoms with Gasteiger partial charge in [-0.15, -0.1) is 0 Å². The van der Waals surface area contributed by atoms with Crippen LogP contribution in [-0.4, -0.2) is 42.1 Å². The summed E-state index contributed by atoms with van der Waals surface area (Å²) >= 11 is 0. The topological polar surface area (TPSA) is 108 Å². The molecule has 27 heavy (non-hydrogen) atoms. The molecule has 1 aliphatic heterocycles. The predicted octanol–water partition coefficient (Wildman–Crippen LogP) is 0.835. The van der Waals surface area contributed by atoms with E-state index < -0.39 is 33.7 Å². The van der Waals surface area contributed by atoms with Crippen LogP contribution < -0.4 is 10.9 Å². The highest BCUT2D eigenvalue weighted by Crippen LogP contribution is 2.26. The molecule has 1 unspecified atom stereocenters. The second-order valence-corrected chi connectivity index (χ2v) is 7.78. The van der Waals surface area contributed by atoms with Crippen molar-refractivity contribution >= 4 is 21.8 Å². The van der Waals surface area contributed by atoms with E-state index in [1.54, 1.807) is 12.1 Å². The molecule has 1 aliphatic rings. The van der Waals surface area contributed by atoms with E-state index in [9.17, 15) is 22.4 Å². The van der Waals surface area contributed by atoms with Crippen LogP contribution in [0.4, 0.5) is 4.39 Å². The summed E-state index contributed by atoms with van der Waals surface area (Å²) in [5, 5.41) is 0. The molecule has 2 amide bonds. The Kier molecular flexibility index (Phi) is 5.47. The normalized spacial score (nSPS) is 17.4. The summed E-state index contributed by atoms with van der Waals surface area (Å²) in [4.78, 5) is 28.1. The summed E-state index contributed by atoms with van der Waals surface area (Å²) in [6.45, 7) is 0.159. The largest absolute Gasteiger partial charge is 0.288 e. The lowest BCUT2D eigenvalue weighted by Gasteiger charge is -2.23. The van der Waals surface area contributed by atoms with E-state index >= 15 is 0 Å². The first-order valence-electron chi connectivity index (χ1n) is 8.18. The van der Waals surface area contributed by atoms with E-state index in [1.807, 2.05) is 0 Å². The Labute approximate surface area is 155 Å². The van der Waals surface area contributed by atoms with Crippen molar-refractivity contribution in [2.45, 2.75) is 23.8 Å². The summed E-state index contributed by atoms with van der Waals surface area (Å²) in [6.07, 6.45) is 2.24. The van der Waals surface area contributed by atoms with Gasteiger partial charge in [0, 0.05) is 12.7 Å². The molecule has 1 aromatic heterocycles. The highest BCUT2D eigenvalue weighted by molar-refractivity contribution is 7.89. The van der Waals surface area contributed by atoms with Crippen LogP contribution >= 0.6 is 0 Å². The summed E-state index contributed by atoms with van der Waals surface area (Å²) in [7, 11) is -3.96. The first kappa shape index (κ1) is 18.9. The standard InChI is InChI=1S/C17H17FN4O4S/c18-12-6-8-13(9-7-12)27(25,26)22-11-3-5-15(22)17(24)21-20-16(23)14-4-1-2-10-19-14/h1-2,4,6-10,15H,3,5,11H2,(H,20,23)(H,21,24). The number of nitrogens with one attached hydrogen (secondary N) is 2. The van der Waals surface area contributed by atoms with E-state index in [0.29, 0.717) is 12.8 Å². The molecule has 3 rings (SSSR count). The molecule has 2 heterocycles. The Balaban J connectivity index is 1.69. The first-order chi connectivity index (χ1) is 12.9. The third-order valence-electron chi connectivity index (χ3n) is 4.12. The maximum atomic E-state index is 13.1. The van der Waals surface area contributed by atoms with Gasteiger partial charge in [0.15, 0.2) is 0 Å². The lowest BCUT2D eigenvalue weighted by Crippen LogP contribution is -2.51. The van der Waals surface area contributed by atoms with E-state index in [-0.39, 0.29) is 17.1 Å². The van der Waals surface area contributed by atoms with E-state index in [1.165, 1.54) is 12.3 Å². The van der Waals surface area contributed by atoms with Gasteiger partial charge in [0.05, 0.1) is 4.90 Å². The maximum Gasteiger partial charge on any atom is 0.288 e. The zero-order chi connectivity index (χ0) is 19.4. The van der Waals surface area contributed by atoms with Gasteiger partial charge < -0.3 is 0 Å². The SMILES string of the molecule is O=C(NNC(=O)C1CCCN1S(=O)(=O)c1ccc(F)cc1)c1ccccn1. The van der Waals surface area contributed by atoms with Gasteiger partial charge in [0.2, 0.25) is 10.0 Å². The smallest absolute Gasteiger partial charge is 0.271 e. The van der Waals surface area contributed by atoms with Crippen molar-refractivity contribution in [3.63, 3.8) is 0 Å². The van der Waals surface area contributed by atoms with Gasteiger partial charge in [-0.25, -0.2) is 12.8 Å². The summed E-state index contributed by atoms with van der Waals surface area (Å²) in [6, 6.07) is 8.17. The minimum absolute atomic E-state index is 0.0962. The fraction of sp³-hybridized carbons (Fsp3) is 0.235. The Hall–Kier alpha value is -2.85. The van der Waals surface area contributed by atoms with Crippen LogP contribution in [0.1, 0.15) is 23.3 Å². The van der Waals surface area contributed by atoms with Crippen LogP contribution in [0.15, 0.2) is 53.6 Å². The van der Waals surface area contributed by atoms with Crippen molar-refractivity contribution in [3.8, 4) is 0 Å². The van der Waals surface area contributed by atoms with Gasteiger partial charge in [-0.3, -0.25) is 25.4 Å². The summed E-state index contributed by atoms with van der Waals surface area (Å²) in [5.74, 6) is -1.82. The van der Waals surface area contributed by atoms with Gasteiger partial charge in [-0.1, -0.05) is 6.07 Å². The number of halogens is 1. The van der Waals surface area contributed by atoms with Crippen molar-refractivity contribution in [2.24, 2.45) is 0 Å². The molecule has 2 aromatic rings. The fourth-order valence-corrected chi connectivity index (χ4v) is 4.45. The molecule has 1 saturated heterocycles. The van der Waals surface area contributed by atoms with Gasteiger partial charge in [-0.05, 0) is 49.2 Å². The number of aromatic nitrogens is 1. The number of hydrogen-bond acceptors (Lipinski definition) is 5. The molecule has 8 nitrogen and oxygen atoms in total. The van der Waals surface area contributed by atoms with Crippen LogP contribution in [0, 0.1) is 5.82 Å². The molecule has 1 fully saturated rings. The van der Waals surface area contributed by atoms with Crippen LogP contribution in [0.25, 0.3) is 0 Å². The minimum Gasteiger partial charge on any atom is -0.271 e. The second-order valence-electron chi connectivity index (χ2n) is 5.89. The fourth-order valence-electron chi connectivity index (χ4n) is 2.79. The monoisotopic (exact) mass is 392 g/mol. The van der Waals surface area contributed by atoms with Gasteiger partial charge >= 0.3 is 0 Å². The Bertz CT molecular complexity index is 935. The van der Waals surface area contributed by atoms with E-state index in [2.05, 4.69) is 15.8 Å². The molecular weight excluding hydrogens is 375 g/mol. The Morgan fingerprint density at radius 2 is 1.85 bits per heavy atom. The molecule has 0 aliphatic carbocycles. The number of sulfonamides is 1. The number of pyridine rings is 1. The molecule has 0 spiro atoms. The van der Waals surface area contributed by atoms with Crippen molar-refractivity contribution in [1.82, 2.24) is 20.1 Å². The zero-order valence-corrected chi connectivity index (χ0v) is 14.9. The molecule has 0 radical (unpaired) electrons. The molecule has 2 N–H and O–H groups in total. The van der Waals surface area contributed by atoms with E-state index in [0.717, 1.165) is 28.6 Å². The van der Waals surface area contributed by atoms with Crippen LogP contribution in [-0.2, 0) is 14.8 Å². The molecule has 0 bridgehead atoms. The van der Waals surface area contributed by atoms with Crippen LogP contribution in [0.3, 0.4) is 0 Å². The molecule has 10 heteroatoms. The number of benzene rings is 1. The molecule has 1 atom stereocenters. The maximum absolute atomic E-state index is 13.1. The number of amides is 2. The minimum atomic E-state index is -3.96. The van der Waals surface area contributed by atoms with Crippen LogP contribution in [0.5, 0.6) is 0 Å². The number of hydrogen-bond donors (Lipinski definition) is 2. The number of hydrazine groups is 1. The molecule has 1 aromatic carbocycles. The second kappa shape index (κ2) is 7.80. The van der Waals surface area contributed by atoms with Gasteiger partial charge in [0.1, 0.15) is 17.6 Å². The van der Waals surface area contributed by atoms with Crippen molar-refractivity contribution < 1.29 is 22.4 Å². The lowest BCUT2D eigenvalue weighted by atomic mass is 10.2. The number of nitrogens with zero attached hydrogens (tertiary/aromatic N) is 2. The van der Waals surface area contributed by atoms with Gasteiger partial charge in [0.25, 0.3) is 11.8 Å². The highest BCUT2D eigenvalue weighted by atomic mass is 32.2. The van der Waals surface area contributed by atoms with Crippen LogP contribution in [0.2, 0.25) is 0 Å². The first-order valence-corrected chi connectivity index (χ1v) is 9.62. The average Bonchev–Trinajstić information content (AvgIpc) is 3.18. The molecule has 0 saturated carbocycles. The number of rotatable bonds is 4.